The molecule has 0 aliphatic rings. The van der Waals surface area contributed by atoms with Crippen molar-refractivity contribution in [2.24, 2.45) is 0 Å². The van der Waals surface area contributed by atoms with Crippen LogP contribution in [0.1, 0.15) is 22.8 Å². The first-order valence-corrected chi connectivity index (χ1v) is 6.81. The summed E-state index contributed by atoms with van der Waals surface area (Å²) in [7, 11) is 0. The summed E-state index contributed by atoms with van der Waals surface area (Å²) in [6.45, 7) is 2.01. The number of nitrogens with one attached hydrogen (secondary N) is 1. The Morgan fingerprint density at radius 1 is 1.43 bits per heavy atom. The van der Waals surface area contributed by atoms with Gasteiger partial charge in [0.25, 0.3) is 5.91 Å². The first-order valence-electron chi connectivity index (χ1n) is 6.43. The number of carbonyl (C=O) groups is 1. The van der Waals surface area contributed by atoms with Gasteiger partial charge in [0.1, 0.15) is 11.0 Å². The van der Waals surface area contributed by atoms with Gasteiger partial charge in [-0.15, -0.1) is 0 Å². The predicted molar refractivity (Wildman–Crippen MR) is 79.6 cm³/mol. The molecule has 106 valence electrons. The number of hydrogen-bond donors (Lipinski definition) is 1. The Bertz CT molecular complexity index is 800. The minimum atomic E-state index is -0.278. The summed E-state index contributed by atoms with van der Waals surface area (Å²) < 4.78 is 1.57. The zero-order valence-electron chi connectivity index (χ0n) is 11.2. The number of aromatic nitrogens is 4. The van der Waals surface area contributed by atoms with Crippen molar-refractivity contribution in [1.82, 2.24) is 19.6 Å². The van der Waals surface area contributed by atoms with Crippen LogP contribution in [-0.2, 0) is 6.42 Å². The minimum absolute atomic E-state index is 0.278. The van der Waals surface area contributed by atoms with E-state index < -0.39 is 0 Å². The molecule has 0 saturated carbocycles. The number of aryl methyl sites for hydroxylation is 1. The van der Waals surface area contributed by atoms with Gasteiger partial charge in [0.05, 0.1) is 11.8 Å². The molecule has 3 aromatic heterocycles. The SMILES string of the molecule is CCc1cnn2c(NC(=O)c3cccnc3)cc(Cl)nc12. The highest BCUT2D eigenvalue weighted by atomic mass is 35.5. The molecule has 0 aromatic carbocycles. The van der Waals surface area contributed by atoms with Crippen LogP contribution in [0.4, 0.5) is 5.82 Å². The maximum absolute atomic E-state index is 12.2. The Balaban J connectivity index is 2.01. The van der Waals surface area contributed by atoms with Gasteiger partial charge in [0.15, 0.2) is 5.65 Å². The molecule has 3 heterocycles. The smallest absolute Gasteiger partial charge is 0.258 e. The van der Waals surface area contributed by atoms with Crippen LogP contribution in [-0.4, -0.2) is 25.5 Å². The van der Waals surface area contributed by atoms with Crippen LogP contribution in [0.5, 0.6) is 0 Å². The molecule has 21 heavy (non-hydrogen) atoms. The topological polar surface area (TPSA) is 72.2 Å². The second kappa shape index (κ2) is 5.49. The van der Waals surface area contributed by atoms with E-state index >= 15 is 0 Å². The number of amides is 1. The van der Waals surface area contributed by atoms with Crippen molar-refractivity contribution in [3.8, 4) is 0 Å². The lowest BCUT2D eigenvalue weighted by atomic mass is 10.2. The number of pyridine rings is 1. The molecule has 0 spiro atoms. The molecular formula is C14H12ClN5O. The summed E-state index contributed by atoms with van der Waals surface area (Å²) in [6.07, 6.45) is 5.61. The second-order valence-electron chi connectivity index (χ2n) is 4.42. The number of carbonyl (C=O) groups excluding carboxylic acids is 1. The molecule has 3 aromatic rings. The van der Waals surface area contributed by atoms with E-state index in [-0.39, 0.29) is 5.91 Å². The number of halogens is 1. The van der Waals surface area contributed by atoms with Crippen molar-refractivity contribution in [2.45, 2.75) is 13.3 Å². The lowest BCUT2D eigenvalue weighted by Crippen LogP contribution is -2.15. The Hall–Kier alpha value is -2.47. The molecule has 0 atom stereocenters. The molecule has 3 rings (SSSR count). The van der Waals surface area contributed by atoms with Crippen LogP contribution in [0.15, 0.2) is 36.8 Å². The summed E-state index contributed by atoms with van der Waals surface area (Å²) >= 11 is 6.02. The van der Waals surface area contributed by atoms with Crippen molar-refractivity contribution in [2.75, 3.05) is 5.32 Å². The highest BCUT2D eigenvalue weighted by Gasteiger charge is 2.13. The van der Waals surface area contributed by atoms with Gasteiger partial charge in [-0.2, -0.15) is 9.61 Å². The van der Waals surface area contributed by atoms with E-state index in [1.807, 2.05) is 6.92 Å². The maximum Gasteiger partial charge on any atom is 0.258 e. The van der Waals surface area contributed by atoms with Gasteiger partial charge < -0.3 is 5.32 Å². The highest BCUT2D eigenvalue weighted by Crippen LogP contribution is 2.19. The second-order valence-corrected chi connectivity index (χ2v) is 4.81. The van der Waals surface area contributed by atoms with Crippen LogP contribution in [0, 0.1) is 0 Å². The third kappa shape index (κ3) is 2.57. The largest absolute Gasteiger partial charge is 0.306 e. The Kier molecular flexibility index (Phi) is 3.53. The molecule has 6 nitrogen and oxygen atoms in total. The third-order valence-corrected chi connectivity index (χ3v) is 3.25. The van der Waals surface area contributed by atoms with E-state index in [4.69, 9.17) is 11.6 Å². The van der Waals surface area contributed by atoms with Gasteiger partial charge in [0.2, 0.25) is 0 Å². The summed E-state index contributed by atoms with van der Waals surface area (Å²) in [4.78, 5) is 20.4. The summed E-state index contributed by atoms with van der Waals surface area (Å²) in [5, 5.41) is 7.32. The average molecular weight is 302 g/mol. The summed E-state index contributed by atoms with van der Waals surface area (Å²) in [5.41, 5.74) is 2.07. The van der Waals surface area contributed by atoms with Crippen LogP contribution in [0.2, 0.25) is 5.15 Å². The zero-order chi connectivity index (χ0) is 14.8. The van der Waals surface area contributed by atoms with Gasteiger partial charge >= 0.3 is 0 Å². The van der Waals surface area contributed by atoms with Crippen molar-refractivity contribution in [3.05, 3.63) is 53.1 Å². The van der Waals surface area contributed by atoms with Crippen molar-refractivity contribution < 1.29 is 4.79 Å². The fraction of sp³-hybridized carbons (Fsp3) is 0.143. The van der Waals surface area contributed by atoms with Crippen LogP contribution in [0.25, 0.3) is 5.65 Å². The molecular weight excluding hydrogens is 290 g/mol. The Morgan fingerprint density at radius 3 is 3.00 bits per heavy atom. The van der Waals surface area contributed by atoms with Crippen molar-refractivity contribution in [3.63, 3.8) is 0 Å². The number of fused-ring (bicyclic) bond motifs is 1. The Morgan fingerprint density at radius 2 is 2.29 bits per heavy atom. The van der Waals surface area contributed by atoms with Gasteiger partial charge in [-0.05, 0) is 18.6 Å². The predicted octanol–water partition coefficient (Wildman–Crippen LogP) is 2.59. The van der Waals surface area contributed by atoms with Crippen molar-refractivity contribution >= 4 is 29.0 Å². The van der Waals surface area contributed by atoms with E-state index in [9.17, 15) is 4.79 Å². The molecule has 0 unspecified atom stereocenters. The molecule has 0 radical (unpaired) electrons. The van der Waals surface area contributed by atoms with E-state index in [1.165, 1.54) is 6.20 Å². The molecule has 0 aliphatic carbocycles. The molecule has 0 aliphatic heterocycles. The summed E-state index contributed by atoms with van der Waals surface area (Å²) in [5.74, 6) is 0.193. The monoisotopic (exact) mass is 301 g/mol. The number of nitrogens with zero attached hydrogens (tertiary/aromatic N) is 4. The van der Waals surface area contributed by atoms with Gasteiger partial charge in [-0.3, -0.25) is 9.78 Å². The lowest BCUT2D eigenvalue weighted by Gasteiger charge is -2.07. The van der Waals surface area contributed by atoms with E-state index in [1.54, 1.807) is 35.1 Å². The molecule has 1 amide bonds. The van der Waals surface area contributed by atoms with E-state index in [2.05, 4.69) is 20.4 Å². The molecule has 0 saturated heterocycles. The number of rotatable bonds is 3. The normalized spacial score (nSPS) is 10.8. The van der Waals surface area contributed by atoms with Crippen LogP contribution < -0.4 is 5.32 Å². The number of anilines is 1. The lowest BCUT2D eigenvalue weighted by molar-refractivity contribution is 0.102. The Labute approximate surface area is 125 Å². The first kappa shape index (κ1) is 13.5. The van der Waals surface area contributed by atoms with E-state index in [0.29, 0.717) is 22.2 Å². The molecule has 1 N–H and O–H groups in total. The first-order chi connectivity index (χ1) is 10.2. The zero-order valence-corrected chi connectivity index (χ0v) is 12.0. The quantitative estimate of drug-likeness (QED) is 0.755. The summed E-state index contributed by atoms with van der Waals surface area (Å²) in [6, 6.07) is 4.95. The van der Waals surface area contributed by atoms with Crippen LogP contribution >= 0.6 is 11.6 Å². The molecule has 0 bridgehead atoms. The fourth-order valence-corrected chi connectivity index (χ4v) is 2.19. The van der Waals surface area contributed by atoms with Crippen LogP contribution in [0.3, 0.4) is 0 Å². The van der Waals surface area contributed by atoms with Gasteiger partial charge in [0, 0.05) is 24.0 Å². The highest BCUT2D eigenvalue weighted by molar-refractivity contribution is 6.29. The molecule has 0 fully saturated rings. The molecule has 7 heteroatoms. The third-order valence-electron chi connectivity index (χ3n) is 3.06. The van der Waals surface area contributed by atoms with Crippen molar-refractivity contribution in [1.29, 1.82) is 0 Å². The minimum Gasteiger partial charge on any atom is -0.306 e. The van der Waals surface area contributed by atoms with E-state index in [0.717, 1.165) is 12.0 Å². The standard InChI is InChI=1S/C14H12ClN5O/c1-2-9-8-17-20-12(6-11(15)18-13(9)20)19-14(21)10-4-3-5-16-7-10/h3-8H,2H2,1H3,(H,19,21). The average Bonchev–Trinajstić information content (AvgIpc) is 2.91. The fourth-order valence-electron chi connectivity index (χ4n) is 2.00. The number of hydrogen-bond acceptors (Lipinski definition) is 4. The maximum atomic E-state index is 12.2. The van der Waals surface area contributed by atoms with Gasteiger partial charge in [-0.1, -0.05) is 18.5 Å². The van der Waals surface area contributed by atoms with Gasteiger partial charge in [-0.25, -0.2) is 4.98 Å².